The smallest absolute Gasteiger partial charge is 0.0887 e. The Morgan fingerprint density at radius 2 is 2.29 bits per heavy atom. The third-order valence-corrected chi connectivity index (χ3v) is 3.00. The molecule has 0 radical (unpaired) electrons. The molecule has 17 heavy (non-hydrogen) atoms. The van der Waals surface area contributed by atoms with Crippen LogP contribution in [0.2, 0.25) is 0 Å². The van der Waals surface area contributed by atoms with Gasteiger partial charge in [-0.1, -0.05) is 12.5 Å². The van der Waals surface area contributed by atoms with E-state index in [1.54, 1.807) is 6.20 Å². The summed E-state index contributed by atoms with van der Waals surface area (Å²) in [4.78, 5) is 4.22. The molecule has 0 amide bonds. The van der Waals surface area contributed by atoms with Crippen LogP contribution in [0.25, 0.3) is 0 Å². The predicted molar refractivity (Wildman–Crippen MR) is 71.4 cm³/mol. The molecule has 1 fully saturated rings. The van der Waals surface area contributed by atoms with Crippen LogP contribution < -0.4 is 5.32 Å². The minimum atomic E-state index is 0. The highest BCUT2D eigenvalue weighted by Gasteiger charge is 2.11. The van der Waals surface area contributed by atoms with Crippen LogP contribution in [0.4, 0.5) is 0 Å². The van der Waals surface area contributed by atoms with Crippen molar-refractivity contribution in [3.63, 3.8) is 0 Å². The molecule has 1 aromatic rings. The lowest BCUT2D eigenvalue weighted by molar-refractivity contribution is 0.106. The van der Waals surface area contributed by atoms with Gasteiger partial charge >= 0.3 is 0 Å². The fourth-order valence-electron chi connectivity index (χ4n) is 2.06. The van der Waals surface area contributed by atoms with Crippen LogP contribution in [0.3, 0.4) is 0 Å². The predicted octanol–water partition coefficient (Wildman–Crippen LogP) is 2.55. The molecule has 1 aromatic heterocycles. The number of pyridine rings is 1. The van der Waals surface area contributed by atoms with Gasteiger partial charge in [0.2, 0.25) is 0 Å². The van der Waals surface area contributed by atoms with Crippen LogP contribution in [0.1, 0.15) is 31.4 Å². The SMILES string of the molecule is Cl.c1ccc(COCCC2CCCCN2)nc1. The van der Waals surface area contributed by atoms with Crippen LogP contribution in [0, 0.1) is 0 Å². The lowest BCUT2D eigenvalue weighted by Gasteiger charge is -2.23. The van der Waals surface area contributed by atoms with Crippen LogP contribution in [0.5, 0.6) is 0 Å². The number of nitrogens with zero attached hydrogens (tertiary/aromatic N) is 1. The first-order valence-electron chi connectivity index (χ1n) is 6.16. The van der Waals surface area contributed by atoms with Gasteiger partial charge in [-0.3, -0.25) is 4.98 Å². The van der Waals surface area contributed by atoms with Crippen molar-refractivity contribution >= 4 is 12.4 Å². The van der Waals surface area contributed by atoms with Crippen molar-refractivity contribution in [2.24, 2.45) is 0 Å². The number of ether oxygens (including phenoxy) is 1. The summed E-state index contributed by atoms with van der Waals surface area (Å²) in [6.07, 6.45) is 6.91. The van der Waals surface area contributed by atoms with Crippen molar-refractivity contribution in [3.05, 3.63) is 30.1 Å². The molecule has 96 valence electrons. The van der Waals surface area contributed by atoms with E-state index in [0.717, 1.165) is 18.7 Å². The highest BCUT2D eigenvalue weighted by Crippen LogP contribution is 2.10. The number of halogens is 1. The molecule has 0 spiro atoms. The van der Waals surface area contributed by atoms with Gasteiger partial charge in [0.05, 0.1) is 12.3 Å². The summed E-state index contributed by atoms with van der Waals surface area (Å²) in [5, 5.41) is 3.52. The second-order valence-electron chi connectivity index (χ2n) is 4.31. The Labute approximate surface area is 109 Å². The summed E-state index contributed by atoms with van der Waals surface area (Å²) >= 11 is 0. The summed E-state index contributed by atoms with van der Waals surface area (Å²) in [6, 6.07) is 6.58. The Morgan fingerprint density at radius 1 is 1.35 bits per heavy atom. The minimum Gasteiger partial charge on any atom is -0.375 e. The van der Waals surface area contributed by atoms with Gasteiger partial charge in [-0.2, -0.15) is 0 Å². The molecule has 4 heteroatoms. The molecule has 0 saturated carbocycles. The van der Waals surface area contributed by atoms with Gasteiger partial charge in [0.25, 0.3) is 0 Å². The van der Waals surface area contributed by atoms with E-state index in [9.17, 15) is 0 Å². The monoisotopic (exact) mass is 256 g/mol. The topological polar surface area (TPSA) is 34.1 Å². The highest BCUT2D eigenvalue weighted by atomic mass is 35.5. The number of aromatic nitrogens is 1. The van der Waals surface area contributed by atoms with Crippen molar-refractivity contribution < 1.29 is 4.74 Å². The Balaban J connectivity index is 0.00000144. The van der Waals surface area contributed by atoms with Crippen LogP contribution >= 0.6 is 12.4 Å². The highest BCUT2D eigenvalue weighted by molar-refractivity contribution is 5.85. The molecular formula is C13H21ClN2O. The van der Waals surface area contributed by atoms with Crippen molar-refractivity contribution in [3.8, 4) is 0 Å². The molecule has 2 heterocycles. The van der Waals surface area contributed by atoms with Gasteiger partial charge in [0.1, 0.15) is 0 Å². The maximum Gasteiger partial charge on any atom is 0.0887 e. The molecule has 0 aliphatic carbocycles. The summed E-state index contributed by atoms with van der Waals surface area (Å²) < 4.78 is 5.62. The zero-order valence-electron chi connectivity index (χ0n) is 10.1. The zero-order chi connectivity index (χ0) is 11.1. The summed E-state index contributed by atoms with van der Waals surface area (Å²) in [6.45, 7) is 2.63. The van der Waals surface area contributed by atoms with Gasteiger partial charge in [0.15, 0.2) is 0 Å². The molecule has 2 rings (SSSR count). The van der Waals surface area contributed by atoms with Crippen LogP contribution in [-0.2, 0) is 11.3 Å². The van der Waals surface area contributed by atoms with E-state index in [1.165, 1.54) is 25.8 Å². The number of hydrogen-bond donors (Lipinski definition) is 1. The number of nitrogens with one attached hydrogen (secondary N) is 1. The molecule has 1 atom stereocenters. The van der Waals surface area contributed by atoms with Crippen molar-refractivity contribution in [1.82, 2.24) is 10.3 Å². The van der Waals surface area contributed by atoms with E-state index < -0.39 is 0 Å². The third kappa shape index (κ3) is 5.48. The van der Waals surface area contributed by atoms with Crippen molar-refractivity contribution in [2.45, 2.75) is 38.3 Å². The van der Waals surface area contributed by atoms with Gasteiger partial charge in [0, 0.05) is 18.8 Å². The second-order valence-corrected chi connectivity index (χ2v) is 4.31. The summed E-state index contributed by atoms with van der Waals surface area (Å²) in [7, 11) is 0. The van der Waals surface area contributed by atoms with E-state index >= 15 is 0 Å². The fourth-order valence-corrected chi connectivity index (χ4v) is 2.06. The van der Waals surface area contributed by atoms with E-state index in [2.05, 4.69) is 10.3 Å². The van der Waals surface area contributed by atoms with E-state index in [0.29, 0.717) is 12.6 Å². The molecular weight excluding hydrogens is 236 g/mol. The molecule has 1 saturated heterocycles. The number of piperidine rings is 1. The average molecular weight is 257 g/mol. The number of hydrogen-bond acceptors (Lipinski definition) is 3. The molecule has 3 nitrogen and oxygen atoms in total. The third-order valence-electron chi connectivity index (χ3n) is 3.00. The first-order valence-corrected chi connectivity index (χ1v) is 6.16. The molecule has 1 unspecified atom stereocenters. The average Bonchev–Trinajstić information content (AvgIpc) is 2.37. The van der Waals surface area contributed by atoms with E-state index in [-0.39, 0.29) is 12.4 Å². The largest absolute Gasteiger partial charge is 0.375 e. The lowest BCUT2D eigenvalue weighted by atomic mass is 10.0. The second kappa shape index (κ2) is 8.45. The Bertz CT molecular complexity index is 289. The first-order chi connectivity index (χ1) is 7.95. The molecule has 1 N–H and O–H groups in total. The minimum absolute atomic E-state index is 0. The Kier molecular flexibility index (Phi) is 7.17. The lowest BCUT2D eigenvalue weighted by Crippen LogP contribution is -2.34. The Hall–Kier alpha value is -0.640. The molecule has 1 aliphatic heterocycles. The molecule has 1 aliphatic rings. The maximum atomic E-state index is 5.62. The van der Waals surface area contributed by atoms with E-state index in [4.69, 9.17) is 4.74 Å². The van der Waals surface area contributed by atoms with Crippen molar-refractivity contribution in [2.75, 3.05) is 13.2 Å². The van der Waals surface area contributed by atoms with Gasteiger partial charge in [-0.15, -0.1) is 12.4 Å². The molecule has 0 bridgehead atoms. The van der Waals surface area contributed by atoms with Crippen molar-refractivity contribution in [1.29, 1.82) is 0 Å². The normalized spacial score (nSPS) is 19.6. The van der Waals surface area contributed by atoms with Crippen LogP contribution in [0.15, 0.2) is 24.4 Å². The van der Waals surface area contributed by atoms with Gasteiger partial charge < -0.3 is 10.1 Å². The maximum absolute atomic E-state index is 5.62. The summed E-state index contributed by atoms with van der Waals surface area (Å²) in [5.74, 6) is 0. The fraction of sp³-hybridized carbons (Fsp3) is 0.615. The van der Waals surface area contributed by atoms with E-state index in [1.807, 2.05) is 18.2 Å². The van der Waals surface area contributed by atoms with Crippen LogP contribution in [-0.4, -0.2) is 24.2 Å². The van der Waals surface area contributed by atoms with Gasteiger partial charge in [-0.25, -0.2) is 0 Å². The van der Waals surface area contributed by atoms with Gasteiger partial charge in [-0.05, 0) is 37.9 Å². The summed E-state index contributed by atoms with van der Waals surface area (Å²) in [5.41, 5.74) is 1.01. The first kappa shape index (κ1) is 14.4. The zero-order valence-corrected chi connectivity index (χ0v) is 10.9. The number of rotatable bonds is 5. The Morgan fingerprint density at radius 3 is 3.00 bits per heavy atom. The molecule has 0 aromatic carbocycles. The quantitative estimate of drug-likeness (QED) is 0.823. The standard InChI is InChI=1S/C13H20N2O.ClH/c1-3-8-14-12(5-1)7-10-16-11-13-6-2-4-9-15-13;/h2,4,6,9,12,14H,1,3,5,7-8,10-11H2;1H.